The van der Waals surface area contributed by atoms with Crippen LogP contribution in [0.5, 0.6) is 11.5 Å². The lowest BCUT2D eigenvalue weighted by molar-refractivity contribution is -0.119. The minimum atomic E-state index is -0.0446. The molecule has 0 saturated carbocycles. The van der Waals surface area contributed by atoms with Crippen molar-refractivity contribution in [3.63, 3.8) is 0 Å². The Hall–Kier alpha value is -3.00. The summed E-state index contributed by atoms with van der Waals surface area (Å²) in [5, 5.41) is 12.2. The first-order chi connectivity index (χ1) is 14.6. The Bertz CT molecular complexity index is 945. The van der Waals surface area contributed by atoms with E-state index >= 15 is 0 Å². The smallest absolute Gasteiger partial charge is 0.230 e. The van der Waals surface area contributed by atoms with Crippen molar-refractivity contribution < 1.29 is 14.3 Å². The van der Waals surface area contributed by atoms with Gasteiger partial charge in [-0.3, -0.25) is 4.79 Å². The first kappa shape index (κ1) is 21.7. The lowest BCUT2D eigenvalue weighted by atomic mass is 10.1. The van der Waals surface area contributed by atoms with E-state index in [9.17, 15) is 4.79 Å². The number of aromatic nitrogens is 3. The first-order valence-corrected chi connectivity index (χ1v) is 10.7. The lowest BCUT2D eigenvalue weighted by Gasteiger charge is -2.14. The van der Waals surface area contributed by atoms with Crippen molar-refractivity contribution in [1.82, 2.24) is 20.1 Å². The molecule has 0 unspecified atom stereocenters. The normalized spacial score (nSPS) is 11.7. The predicted molar refractivity (Wildman–Crippen MR) is 117 cm³/mol. The van der Waals surface area contributed by atoms with Crippen molar-refractivity contribution in [3.05, 3.63) is 66.0 Å². The molecule has 0 radical (unpaired) electrons. The van der Waals surface area contributed by atoms with Crippen LogP contribution < -0.4 is 14.8 Å². The number of methoxy groups -OCH3 is 1. The van der Waals surface area contributed by atoms with E-state index in [4.69, 9.17) is 9.47 Å². The number of carbonyl (C=O) groups is 1. The summed E-state index contributed by atoms with van der Waals surface area (Å²) in [5.41, 5.74) is 1.07. The third-order valence-electron chi connectivity index (χ3n) is 4.55. The third kappa shape index (κ3) is 5.76. The second-order valence-electron chi connectivity index (χ2n) is 6.60. The number of nitrogens with zero attached hydrogens (tertiary/aromatic N) is 3. The Morgan fingerprint density at radius 2 is 1.80 bits per heavy atom. The number of rotatable bonds is 10. The van der Waals surface area contributed by atoms with E-state index in [-0.39, 0.29) is 17.7 Å². The van der Waals surface area contributed by atoms with E-state index in [0.717, 1.165) is 17.1 Å². The van der Waals surface area contributed by atoms with Crippen LogP contribution in [0, 0.1) is 0 Å². The first-order valence-electron chi connectivity index (χ1n) is 9.76. The molecule has 3 rings (SSSR count). The molecule has 0 fully saturated rings. The zero-order valence-corrected chi connectivity index (χ0v) is 18.2. The van der Waals surface area contributed by atoms with Crippen LogP contribution >= 0.6 is 11.8 Å². The third-order valence-corrected chi connectivity index (χ3v) is 5.51. The Morgan fingerprint density at radius 1 is 1.10 bits per heavy atom. The van der Waals surface area contributed by atoms with Gasteiger partial charge in [0.15, 0.2) is 11.0 Å². The zero-order chi connectivity index (χ0) is 21.3. The molecule has 2 aromatic carbocycles. The number of nitrogens with one attached hydrogen (secondary N) is 1. The van der Waals surface area contributed by atoms with E-state index in [1.54, 1.807) is 7.11 Å². The van der Waals surface area contributed by atoms with Gasteiger partial charge in [-0.2, -0.15) is 0 Å². The molecule has 8 heteroatoms. The lowest BCUT2D eigenvalue weighted by Crippen LogP contribution is -2.28. The average molecular weight is 427 g/mol. The fourth-order valence-electron chi connectivity index (χ4n) is 2.91. The Morgan fingerprint density at radius 3 is 2.47 bits per heavy atom. The number of thioether (sulfide) groups is 1. The standard InChI is InChI=1S/C22H26N4O3S/c1-4-26-20(14-29-19-12-10-18(28-3)11-13-19)24-25-22(26)30-15-21(27)23-16(2)17-8-6-5-7-9-17/h5-13,16H,4,14-15H2,1-3H3,(H,23,27)/t16-/m1/s1. The topological polar surface area (TPSA) is 78.3 Å². The minimum absolute atomic E-state index is 0.0435. The van der Waals surface area contributed by atoms with Gasteiger partial charge in [0.2, 0.25) is 5.91 Å². The molecule has 1 atom stereocenters. The van der Waals surface area contributed by atoms with Gasteiger partial charge in [-0.25, -0.2) is 0 Å². The molecule has 0 aliphatic carbocycles. The monoisotopic (exact) mass is 426 g/mol. The highest BCUT2D eigenvalue weighted by Gasteiger charge is 2.15. The van der Waals surface area contributed by atoms with E-state index in [2.05, 4.69) is 15.5 Å². The highest BCUT2D eigenvalue weighted by molar-refractivity contribution is 7.99. The van der Waals surface area contributed by atoms with Crippen LogP contribution in [0.25, 0.3) is 0 Å². The van der Waals surface area contributed by atoms with Crippen molar-refractivity contribution in [2.45, 2.75) is 38.2 Å². The van der Waals surface area contributed by atoms with Gasteiger partial charge in [-0.15, -0.1) is 10.2 Å². The van der Waals surface area contributed by atoms with Crippen molar-refractivity contribution in [3.8, 4) is 11.5 Å². The summed E-state index contributed by atoms with van der Waals surface area (Å²) in [4.78, 5) is 12.3. The van der Waals surface area contributed by atoms with Gasteiger partial charge in [0.25, 0.3) is 0 Å². The largest absolute Gasteiger partial charge is 0.497 e. The molecule has 0 aliphatic rings. The highest BCUT2D eigenvalue weighted by atomic mass is 32.2. The molecule has 0 spiro atoms. The summed E-state index contributed by atoms with van der Waals surface area (Å²) >= 11 is 1.37. The molecule has 3 aromatic rings. The molecular formula is C22H26N4O3S. The number of carbonyl (C=O) groups excluding carboxylic acids is 1. The van der Waals surface area contributed by atoms with E-state index < -0.39 is 0 Å². The van der Waals surface area contributed by atoms with Gasteiger partial charge < -0.3 is 19.4 Å². The van der Waals surface area contributed by atoms with Gasteiger partial charge in [0, 0.05) is 6.54 Å². The van der Waals surface area contributed by atoms with Gasteiger partial charge in [-0.1, -0.05) is 42.1 Å². The van der Waals surface area contributed by atoms with Crippen LogP contribution in [0.15, 0.2) is 59.8 Å². The number of amides is 1. The second kappa shape index (κ2) is 10.7. The molecule has 0 bridgehead atoms. The number of hydrogen-bond acceptors (Lipinski definition) is 6. The van der Waals surface area contributed by atoms with Gasteiger partial charge in [-0.05, 0) is 43.7 Å². The van der Waals surface area contributed by atoms with Gasteiger partial charge >= 0.3 is 0 Å². The SMILES string of the molecule is CCn1c(COc2ccc(OC)cc2)nnc1SCC(=O)N[C@H](C)c1ccccc1. The van der Waals surface area contributed by atoms with Crippen molar-refractivity contribution >= 4 is 17.7 Å². The summed E-state index contributed by atoms with van der Waals surface area (Å²) in [6.45, 7) is 4.98. The molecule has 7 nitrogen and oxygen atoms in total. The van der Waals surface area contributed by atoms with E-state index in [0.29, 0.717) is 24.1 Å². The fourth-order valence-corrected chi connectivity index (χ4v) is 3.74. The summed E-state index contributed by atoms with van der Waals surface area (Å²) in [7, 11) is 1.63. The van der Waals surface area contributed by atoms with Crippen LogP contribution in [0.3, 0.4) is 0 Å². The van der Waals surface area contributed by atoms with Crippen LogP contribution in [-0.2, 0) is 17.9 Å². The molecular weight excluding hydrogens is 400 g/mol. The molecule has 0 aliphatic heterocycles. The zero-order valence-electron chi connectivity index (χ0n) is 17.4. The maximum absolute atomic E-state index is 12.3. The molecule has 1 N–H and O–H groups in total. The predicted octanol–water partition coefficient (Wildman–Crippen LogP) is 3.86. The van der Waals surface area contributed by atoms with Crippen LogP contribution in [0.1, 0.15) is 31.3 Å². The Balaban J connectivity index is 1.53. The molecule has 30 heavy (non-hydrogen) atoms. The van der Waals surface area contributed by atoms with Gasteiger partial charge in [0.05, 0.1) is 18.9 Å². The summed E-state index contributed by atoms with van der Waals surface area (Å²) in [6.07, 6.45) is 0. The van der Waals surface area contributed by atoms with Crippen molar-refractivity contribution in [1.29, 1.82) is 0 Å². The minimum Gasteiger partial charge on any atom is -0.497 e. The van der Waals surface area contributed by atoms with Crippen LogP contribution in [0.2, 0.25) is 0 Å². The molecule has 0 saturated heterocycles. The summed E-state index contributed by atoms with van der Waals surface area (Å²) in [6, 6.07) is 17.2. The van der Waals surface area contributed by atoms with E-state index in [1.807, 2.05) is 73.0 Å². The maximum Gasteiger partial charge on any atom is 0.230 e. The summed E-state index contributed by atoms with van der Waals surface area (Å²) < 4.78 is 12.9. The fraction of sp³-hybridized carbons (Fsp3) is 0.318. The Kier molecular flexibility index (Phi) is 7.73. The van der Waals surface area contributed by atoms with Crippen molar-refractivity contribution in [2.75, 3.05) is 12.9 Å². The Labute approximate surface area is 180 Å². The quantitative estimate of drug-likeness (QED) is 0.496. The van der Waals surface area contributed by atoms with Crippen LogP contribution in [0.4, 0.5) is 0 Å². The van der Waals surface area contributed by atoms with Crippen LogP contribution in [-0.4, -0.2) is 33.5 Å². The maximum atomic E-state index is 12.3. The molecule has 1 aromatic heterocycles. The average Bonchev–Trinajstić information content (AvgIpc) is 3.19. The number of ether oxygens (including phenoxy) is 2. The second-order valence-corrected chi connectivity index (χ2v) is 7.54. The molecule has 1 amide bonds. The van der Waals surface area contributed by atoms with E-state index in [1.165, 1.54) is 11.8 Å². The molecule has 1 heterocycles. The number of hydrogen-bond donors (Lipinski definition) is 1. The summed E-state index contributed by atoms with van der Waals surface area (Å²) in [5.74, 6) is 2.45. The van der Waals surface area contributed by atoms with Crippen molar-refractivity contribution in [2.24, 2.45) is 0 Å². The number of benzene rings is 2. The molecule has 158 valence electrons. The highest BCUT2D eigenvalue weighted by Crippen LogP contribution is 2.21. The van der Waals surface area contributed by atoms with Gasteiger partial charge in [0.1, 0.15) is 18.1 Å².